The van der Waals surface area contributed by atoms with Crippen molar-refractivity contribution in [1.29, 1.82) is 0 Å². The topological polar surface area (TPSA) is 30.7 Å². The Hall–Kier alpha value is -0.330. The molecule has 0 aromatic carbocycles. The summed E-state index contributed by atoms with van der Waals surface area (Å²) in [5, 5.41) is 5.04. The van der Waals surface area contributed by atoms with Crippen LogP contribution in [0.2, 0.25) is 0 Å². The average Bonchev–Trinajstić information content (AvgIpc) is 2.56. The van der Waals surface area contributed by atoms with Crippen LogP contribution >= 0.6 is 43.6 Å². The van der Waals surface area contributed by atoms with E-state index >= 15 is 0 Å². The molecular weight excluding hydrogens is 342 g/mol. The van der Waals surface area contributed by atoms with E-state index in [1.807, 2.05) is 25.5 Å². The first-order valence-corrected chi connectivity index (χ1v) is 6.53. The predicted octanol–water partition coefficient (Wildman–Crippen LogP) is 3.49. The fourth-order valence-electron chi connectivity index (χ4n) is 1.04. The Bertz CT molecular complexity index is 484. The molecule has 6 heteroatoms. The van der Waals surface area contributed by atoms with E-state index in [9.17, 15) is 0 Å². The van der Waals surface area contributed by atoms with Crippen LogP contribution in [0.1, 0.15) is 0 Å². The molecule has 0 atom stereocenters. The van der Waals surface area contributed by atoms with E-state index in [0.29, 0.717) is 0 Å². The Balaban J connectivity index is 2.24. The van der Waals surface area contributed by atoms with Gasteiger partial charge in [-0.2, -0.15) is 5.10 Å². The van der Waals surface area contributed by atoms with Crippen LogP contribution < -0.4 is 0 Å². The first kappa shape index (κ1) is 11.2. The van der Waals surface area contributed by atoms with Gasteiger partial charge in [0.1, 0.15) is 5.03 Å². The molecule has 0 spiro atoms. The van der Waals surface area contributed by atoms with E-state index in [4.69, 9.17) is 0 Å². The van der Waals surface area contributed by atoms with Crippen molar-refractivity contribution in [3.63, 3.8) is 0 Å². The smallest absolute Gasteiger partial charge is 0.115 e. The monoisotopic (exact) mass is 347 g/mol. The predicted molar refractivity (Wildman–Crippen MR) is 67.0 cm³/mol. The molecule has 0 saturated carbocycles. The van der Waals surface area contributed by atoms with Crippen LogP contribution in [-0.2, 0) is 7.05 Å². The minimum Gasteiger partial charge on any atom is -0.275 e. The number of rotatable bonds is 2. The summed E-state index contributed by atoms with van der Waals surface area (Å²) in [7, 11) is 1.90. The number of aromatic nitrogens is 3. The molecule has 0 N–H and O–H groups in total. The number of halogens is 2. The van der Waals surface area contributed by atoms with Gasteiger partial charge in [-0.3, -0.25) is 4.68 Å². The van der Waals surface area contributed by atoms with Gasteiger partial charge in [0.2, 0.25) is 0 Å². The minimum absolute atomic E-state index is 0.936. The molecule has 0 aliphatic rings. The van der Waals surface area contributed by atoms with Crippen molar-refractivity contribution in [2.45, 2.75) is 9.92 Å². The zero-order chi connectivity index (χ0) is 10.8. The summed E-state index contributed by atoms with van der Waals surface area (Å²) in [6.07, 6.45) is 5.56. The second-order valence-electron chi connectivity index (χ2n) is 2.89. The highest BCUT2D eigenvalue weighted by atomic mass is 79.9. The fourth-order valence-corrected chi connectivity index (χ4v) is 3.06. The van der Waals surface area contributed by atoms with Crippen LogP contribution in [0.4, 0.5) is 0 Å². The zero-order valence-corrected chi connectivity index (χ0v) is 11.8. The molecular formula is C9H7Br2N3S. The molecule has 0 saturated heterocycles. The van der Waals surface area contributed by atoms with Crippen LogP contribution in [0.3, 0.4) is 0 Å². The Morgan fingerprint density at radius 1 is 1.33 bits per heavy atom. The third-order valence-corrected chi connectivity index (χ3v) is 3.94. The molecule has 0 aliphatic heterocycles. The highest BCUT2D eigenvalue weighted by Gasteiger charge is 2.05. The number of hydrogen-bond donors (Lipinski definition) is 0. The Labute approximate surface area is 109 Å². The molecule has 2 aromatic heterocycles. The van der Waals surface area contributed by atoms with Crippen molar-refractivity contribution in [3.05, 3.63) is 33.6 Å². The quantitative estimate of drug-likeness (QED) is 0.832. The molecule has 2 aromatic rings. The fraction of sp³-hybridized carbons (Fsp3) is 0.111. The van der Waals surface area contributed by atoms with Crippen LogP contribution in [0.5, 0.6) is 0 Å². The van der Waals surface area contributed by atoms with E-state index in [1.54, 1.807) is 22.6 Å². The molecule has 3 nitrogen and oxygen atoms in total. The molecule has 0 fully saturated rings. The third kappa shape index (κ3) is 2.83. The summed E-state index contributed by atoms with van der Waals surface area (Å²) in [6.45, 7) is 0. The molecule has 0 radical (unpaired) electrons. The maximum absolute atomic E-state index is 4.31. The van der Waals surface area contributed by atoms with Crippen molar-refractivity contribution in [1.82, 2.24) is 14.8 Å². The van der Waals surface area contributed by atoms with Crippen LogP contribution in [0.25, 0.3) is 0 Å². The van der Waals surface area contributed by atoms with Gasteiger partial charge in [0, 0.05) is 23.9 Å². The van der Waals surface area contributed by atoms with Crippen molar-refractivity contribution >= 4 is 43.6 Å². The van der Waals surface area contributed by atoms with Gasteiger partial charge in [-0.1, -0.05) is 11.8 Å². The molecule has 2 rings (SSSR count). The summed E-state index contributed by atoms with van der Waals surface area (Å²) in [5.74, 6) is 0. The largest absolute Gasteiger partial charge is 0.275 e. The van der Waals surface area contributed by atoms with Crippen molar-refractivity contribution in [2.75, 3.05) is 0 Å². The summed E-state index contributed by atoms with van der Waals surface area (Å²) >= 11 is 8.42. The maximum atomic E-state index is 4.31. The highest BCUT2D eigenvalue weighted by Crippen LogP contribution is 2.32. The van der Waals surface area contributed by atoms with Crippen molar-refractivity contribution in [2.24, 2.45) is 7.05 Å². The molecule has 0 amide bonds. The van der Waals surface area contributed by atoms with E-state index in [-0.39, 0.29) is 0 Å². The molecule has 15 heavy (non-hydrogen) atoms. The van der Waals surface area contributed by atoms with E-state index in [1.165, 1.54) is 0 Å². The van der Waals surface area contributed by atoms with Gasteiger partial charge >= 0.3 is 0 Å². The number of nitrogens with zero attached hydrogens (tertiary/aromatic N) is 3. The summed E-state index contributed by atoms with van der Waals surface area (Å²) in [5.41, 5.74) is 0. The number of pyridine rings is 1. The van der Waals surface area contributed by atoms with E-state index in [0.717, 1.165) is 18.9 Å². The van der Waals surface area contributed by atoms with E-state index in [2.05, 4.69) is 41.9 Å². The van der Waals surface area contributed by atoms with Gasteiger partial charge in [-0.05, 0) is 37.9 Å². The number of aryl methyl sites for hydroxylation is 1. The maximum Gasteiger partial charge on any atom is 0.115 e. The average molecular weight is 349 g/mol. The number of hydrogen-bond acceptors (Lipinski definition) is 3. The standard InChI is InChI=1S/C9H7Br2N3S/c1-14-5-7(4-13-14)15-9-8(11)2-6(10)3-12-9/h2-5H,1H3. The Morgan fingerprint density at radius 2 is 2.13 bits per heavy atom. The summed E-state index contributed by atoms with van der Waals surface area (Å²) in [6, 6.07) is 1.98. The van der Waals surface area contributed by atoms with Crippen LogP contribution in [-0.4, -0.2) is 14.8 Å². The van der Waals surface area contributed by atoms with Crippen LogP contribution in [0.15, 0.2) is 43.5 Å². The second kappa shape index (κ2) is 4.67. The van der Waals surface area contributed by atoms with Gasteiger partial charge in [-0.15, -0.1) is 0 Å². The first-order valence-electron chi connectivity index (χ1n) is 4.13. The van der Waals surface area contributed by atoms with Crippen molar-refractivity contribution < 1.29 is 0 Å². The van der Waals surface area contributed by atoms with Crippen LogP contribution in [0, 0.1) is 0 Å². The summed E-state index contributed by atoms with van der Waals surface area (Å²) < 4.78 is 3.71. The van der Waals surface area contributed by atoms with Gasteiger partial charge in [0.05, 0.1) is 15.6 Å². The van der Waals surface area contributed by atoms with Crippen molar-refractivity contribution in [3.8, 4) is 0 Å². The minimum atomic E-state index is 0.936. The lowest BCUT2D eigenvalue weighted by molar-refractivity contribution is 0.766. The van der Waals surface area contributed by atoms with E-state index < -0.39 is 0 Å². The zero-order valence-electron chi connectivity index (χ0n) is 7.82. The third-order valence-electron chi connectivity index (χ3n) is 1.67. The summed E-state index contributed by atoms with van der Waals surface area (Å²) in [4.78, 5) is 5.39. The lowest BCUT2D eigenvalue weighted by atomic mass is 10.5. The Morgan fingerprint density at radius 3 is 2.73 bits per heavy atom. The molecule has 78 valence electrons. The molecule has 2 heterocycles. The highest BCUT2D eigenvalue weighted by molar-refractivity contribution is 9.11. The lowest BCUT2D eigenvalue weighted by Crippen LogP contribution is -1.84. The second-order valence-corrected chi connectivity index (χ2v) is 5.72. The van der Waals surface area contributed by atoms with Gasteiger partial charge in [0.25, 0.3) is 0 Å². The lowest BCUT2D eigenvalue weighted by Gasteiger charge is -2.00. The molecule has 0 bridgehead atoms. The molecule has 0 aliphatic carbocycles. The molecule has 0 unspecified atom stereocenters. The van der Waals surface area contributed by atoms with Gasteiger partial charge < -0.3 is 0 Å². The van der Waals surface area contributed by atoms with Gasteiger partial charge in [0.15, 0.2) is 0 Å². The SMILES string of the molecule is Cn1cc(Sc2ncc(Br)cc2Br)cn1. The normalized spacial score (nSPS) is 10.6. The van der Waals surface area contributed by atoms with Gasteiger partial charge in [-0.25, -0.2) is 4.98 Å². The Kier molecular flexibility index (Phi) is 3.48. The first-order chi connectivity index (χ1) is 7.15.